The molecule has 0 aliphatic carbocycles. The van der Waals surface area contributed by atoms with Crippen LogP contribution in [0, 0.1) is 0 Å². The molecule has 0 aliphatic heterocycles. The lowest BCUT2D eigenvalue weighted by atomic mass is 10.2. The van der Waals surface area contributed by atoms with Crippen LogP contribution < -0.4 is 10.1 Å². The summed E-state index contributed by atoms with van der Waals surface area (Å²) in [6.45, 7) is 4.15. The van der Waals surface area contributed by atoms with Crippen molar-refractivity contribution in [2.45, 2.75) is 13.5 Å². The van der Waals surface area contributed by atoms with Crippen LogP contribution in [0.4, 0.5) is 0 Å². The Morgan fingerprint density at radius 2 is 1.94 bits per heavy atom. The summed E-state index contributed by atoms with van der Waals surface area (Å²) in [5, 5.41) is 12.0. The summed E-state index contributed by atoms with van der Waals surface area (Å²) in [5.41, 5.74) is 1.18. The molecule has 1 aromatic carbocycles. The number of hydrogen-bond acceptors (Lipinski definition) is 3. The maximum atomic E-state index is 8.71. The van der Waals surface area contributed by atoms with Crippen molar-refractivity contribution in [3.05, 3.63) is 26.6 Å². The fourth-order valence-electron chi connectivity index (χ4n) is 1.27. The van der Waals surface area contributed by atoms with Crippen molar-refractivity contribution < 1.29 is 9.84 Å². The molecule has 90 valence electrons. The zero-order valence-electron chi connectivity index (χ0n) is 9.09. The molecular formula is C11H15Br2NO2. The lowest BCUT2D eigenvalue weighted by Crippen LogP contribution is -2.12. The van der Waals surface area contributed by atoms with Crippen LogP contribution in [0.25, 0.3) is 0 Å². The van der Waals surface area contributed by atoms with Crippen molar-refractivity contribution in [2.75, 3.05) is 19.8 Å². The van der Waals surface area contributed by atoms with Gasteiger partial charge in [0.05, 0.1) is 15.6 Å². The zero-order valence-corrected chi connectivity index (χ0v) is 12.3. The lowest BCUT2D eigenvalue weighted by Gasteiger charge is -2.11. The predicted octanol–water partition coefficient (Wildman–Crippen LogP) is 2.69. The van der Waals surface area contributed by atoms with Gasteiger partial charge in [0.15, 0.2) is 0 Å². The number of rotatable bonds is 6. The largest absolute Gasteiger partial charge is 0.489 e. The van der Waals surface area contributed by atoms with E-state index in [-0.39, 0.29) is 6.61 Å². The van der Waals surface area contributed by atoms with Gasteiger partial charge in [0.25, 0.3) is 0 Å². The molecule has 2 N–H and O–H groups in total. The molecule has 0 heterocycles. The molecular weight excluding hydrogens is 338 g/mol. The van der Waals surface area contributed by atoms with Crippen molar-refractivity contribution in [1.82, 2.24) is 5.32 Å². The summed E-state index contributed by atoms with van der Waals surface area (Å²) >= 11 is 6.91. The van der Waals surface area contributed by atoms with Crippen LogP contribution in [0.3, 0.4) is 0 Å². The molecule has 0 amide bonds. The average Bonchev–Trinajstić information content (AvgIpc) is 2.25. The first-order chi connectivity index (χ1) is 7.69. The second kappa shape index (κ2) is 7.27. The van der Waals surface area contributed by atoms with Crippen LogP contribution >= 0.6 is 31.9 Å². The molecule has 1 rings (SSSR count). The summed E-state index contributed by atoms with van der Waals surface area (Å²) in [6, 6.07) is 4.03. The second-order valence-corrected chi connectivity index (χ2v) is 4.95. The van der Waals surface area contributed by atoms with Gasteiger partial charge in [-0.15, -0.1) is 0 Å². The fraction of sp³-hybridized carbons (Fsp3) is 0.455. The zero-order chi connectivity index (χ0) is 12.0. The molecule has 0 radical (unpaired) electrons. The van der Waals surface area contributed by atoms with Gasteiger partial charge >= 0.3 is 0 Å². The first-order valence-electron chi connectivity index (χ1n) is 5.11. The van der Waals surface area contributed by atoms with Crippen LogP contribution in [0.2, 0.25) is 0 Å². The first kappa shape index (κ1) is 14.0. The second-order valence-electron chi connectivity index (χ2n) is 3.24. The minimum Gasteiger partial charge on any atom is -0.489 e. The van der Waals surface area contributed by atoms with Gasteiger partial charge in [-0.05, 0) is 56.1 Å². The highest BCUT2D eigenvalue weighted by atomic mass is 79.9. The minimum atomic E-state index is 0.0119. The monoisotopic (exact) mass is 351 g/mol. The van der Waals surface area contributed by atoms with Gasteiger partial charge in [-0.1, -0.05) is 6.92 Å². The molecule has 0 atom stereocenters. The number of hydrogen-bond donors (Lipinski definition) is 2. The Morgan fingerprint density at radius 3 is 2.44 bits per heavy atom. The van der Waals surface area contributed by atoms with E-state index in [1.54, 1.807) is 0 Å². The van der Waals surface area contributed by atoms with Crippen LogP contribution in [-0.2, 0) is 6.54 Å². The summed E-state index contributed by atoms with van der Waals surface area (Å²) < 4.78 is 7.20. The lowest BCUT2D eigenvalue weighted by molar-refractivity contribution is 0.200. The summed E-state index contributed by atoms with van der Waals surface area (Å²) in [5.74, 6) is 0.731. The van der Waals surface area contributed by atoms with E-state index in [9.17, 15) is 0 Å². The Hall–Kier alpha value is -0.100. The molecule has 16 heavy (non-hydrogen) atoms. The third-order valence-corrected chi connectivity index (χ3v) is 3.15. The van der Waals surface area contributed by atoms with E-state index < -0.39 is 0 Å². The molecule has 0 spiro atoms. The molecule has 0 aliphatic rings. The third kappa shape index (κ3) is 4.05. The van der Waals surface area contributed by atoms with Gasteiger partial charge < -0.3 is 15.2 Å². The number of benzene rings is 1. The summed E-state index contributed by atoms with van der Waals surface area (Å²) in [6.07, 6.45) is 0. The van der Waals surface area contributed by atoms with E-state index >= 15 is 0 Å². The normalized spacial score (nSPS) is 10.5. The van der Waals surface area contributed by atoms with Crippen LogP contribution in [0.5, 0.6) is 5.75 Å². The van der Waals surface area contributed by atoms with E-state index in [1.165, 1.54) is 5.56 Å². The standard InChI is InChI=1S/C11H15Br2NO2/c1-2-14-7-8-5-9(12)11(10(13)6-8)16-4-3-15/h5-6,14-15H,2-4,7H2,1H3. The molecule has 0 aromatic heterocycles. The number of aliphatic hydroxyl groups is 1. The van der Waals surface area contributed by atoms with Crippen molar-refractivity contribution >= 4 is 31.9 Å². The number of aliphatic hydroxyl groups excluding tert-OH is 1. The fourth-order valence-corrected chi connectivity index (χ4v) is 2.78. The third-order valence-electron chi connectivity index (χ3n) is 1.97. The smallest absolute Gasteiger partial charge is 0.147 e. The number of ether oxygens (including phenoxy) is 1. The number of halogens is 2. The van der Waals surface area contributed by atoms with E-state index in [1.807, 2.05) is 12.1 Å². The minimum absolute atomic E-state index is 0.0119. The van der Waals surface area contributed by atoms with Crippen molar-refractivity contribution in [2.24, 2.45) is 0 Å². The Labute approximate surface area is 112 Å². The highest BCUT2D eigenvalue weighted by molar-refractivity contribution is 9.11. The Bertz CT molecular complexity index is 322. The maximum absolute atomic E-state index is 8.71. The first-order valence-corrected chi connectivity index (χ1v) is 6.70. The van der Waals surface area contributed by atoms with Crippen molar-refractivity contribution in [1.29, 1.82) is 0 Å². The van der Waals surface area contributed by atoms with Gasteiger partial charge in [-0.3, -0.25) is 0 Å². The van der Waals surface area contributed by atoms with Crippen molar-refractivity contribution in [3.63, 3.8) is 0 Å². The van der Waals surface area contributed by atoms with Crippen molar-refractivity contribution in [3.8, 4) is 5.75 Å². The van der Waals surface area contributed by atoms with Gasteiger partial charge in [0, 0.05) is 6.54 Å². The Balaban J connectivity index is 2.80. The van der Waals surface area contributed by atoms with E-state index in [2.05, 4.69) is 44.1 Å². The predicted molar refractivity (Wildman–Crippen MR) is 71.8 cm³/mol. The molecule has 5 heteroatoms. The van der Waals surface area contributed by atoms with Crippen LogP contribution in [0.1, 0.15) is 12.5 Å². The SMILES string of the molecule is CCNCc1cc(Br)c(OCCO)c(Br)c1. The van der Waals surface area contributed by atoms with E-state index in [0.717, 1.165) is 27.8 Å². The molecule has 0 saturated carbocycles. The van der Waals surface area contributed by atoms with Gasteiger partial charge in [0.1, 0.15) is 12.4 Å². The van der Waals surface area contributed by atoms with Gasteiger partial charge in [-0.25, -0.2) is 0 Å². The summed E-state index contributed by atoms with van der Waals surface area (Å²) in [7, 11) is 0. The van der Waals surface area contributed by atoms with E-state index in [0.29, 0.717) is 6.61 Å². The quantitative estimate of drug-likeness (QED) is 0.827. The topological polar surface area (TPSA) is 41.5 Å². The van der Waals surface area contributed by atoms with Gasteiger partial charge in [-0.2, -0.15) is 0 Å². The highest BCUT2D eigenvalue weighted by Crippen LogP contribution is 2.34. The molecule has 0 fully saturated rings. The average molecular weight is 353 g/mol. The number of nitrogens with one attached hydrogen (secondary N) is 1. The highest BCUT2D eigenvalue weighted by Gasteiger charge is 2.08. The molecule has 1 aromatic rings. The van der Waals surface area contributed by atoms with Crippen LogP contribution in [0.15, 0.2) is 21.1 Å². The molecule has 3 nitrogen and oxygen atoms in total. The Morgan fingerprint density at radius 1 is 1.31 bits per heavy atom. The maximum Gasteiger partial charge on any atom is 0.147 e. The van der Waals surface area contributed by atoms with Crippen LogP contribution in [-0.4, -0.2) is 24.9 Å². The van der Waals surface area contributed by atoms with Gasteiger partial charge in [0.2, 0.25) is 0 Å². The molecule has 0 saturated heterocycles. The molecule has 0 bridgehead atoms. The summed E-state index contributed by atoms with van der Waals surface area (Å²) in [4.78, 5) is 0. The molecule has 0 unspecified atom stereocenters. The Kier molecular flexibility index (Phi) is 6.34. The van der Waals surface area contributed by atoms with E-state index in [4.69, 9.17) is 9.84 Å².